The third-order valence-electron chi connectivity index (χ3n) is 5.40. The van der Waals surface area contributed by atoms with Crippen LogP contribution in [0.15, 0.2) is 88.2 Å². The van der Waals surface area contributed by atoms with Gasteiger partial charge in [0.15, 0.2) is 9.84 Å². The van der Waals surface area contributed by atoms with E-state index >= 15 is 0 Å². The average Bonchev–Trinajstić information content (AvgIpc) is 3.24. The minimum atomic E-state index is -3.46. The number of hydrogen-bond acceptors (Lipinski definition) is 3. The summed E-state index contributed by atoms with van der Waals surface area (Å²) in [6.45, 7) is 0.701. The normalized spacial score (nSPS) is 16.6. The molecule has 0 bridgehead atoms. The Bertz CT molecular complexity index is 1140. The van der Waals surface area contributed by atoms with Crippen LogP contribution in [0.3, 0.4) is 0 Å². The summed E-state index contributed by atoms with van der Waals surface area (Å²) in [5, 5.41) is 0. The van der Waals surface area contributed by atoms with E-state index in [2.05, 4.69) is 15.9 Å². The van der Waals surface area contributed by atoms with Crippen LogP contribution in [0.4, 0.5) is 0 Å². The lowest BCUT2D eigenvalue weighted by Crippen LogP contribution is -2.30. The highest BCUT2D eigenvalue weighted by Crippen LogP contribution is 2.34. The van der Waals surface area contributed by atoms with E-state index in [1.807, 2.05) is 29.2 Å². The lowest BCUT2D eigenvalue weighted by Gasteiger charge is -2.25. The minimum absolute atomic E-state index is 0.0438. The molecule has 6 heteroatoms. The molecule has 0 N–H and O–H groups in total. The lowest BCUT2D eigenvalue weighted by molar-refractivity contribution is 0.0735. The summed E-state index contributed by atoms with van der Waals surface area (Å²) in [4.78, 5) is 15.4. The molecule has 3 aromatic rings. The first-order valence-corrected chi connectivity index (χ1v) is 12.3. The van der Waals surface area contributed by atoms with Crippen LogP contribution in [0.25, 0.3) is 0 Å². The average molecular weight is 484 g/mol. The molecule has 1 saturated heterocycles. The second kappa shape index (κ2) is 8.74. The van der Waals surface area contributed by atoms with Crippen molar-refractivity contribution in [1.29, 1.82) is 0 Å². The molecule has 1 unspecified atom stereocenters. The van der Waals surface area contributed by atoms with Crippen LogP contribution in [-0.2, 0) is 15.6 Å². The summed E-state index contributed by atoms with van der Waals surface area (Å²) in [5.74, 6) is -0.187. The molecule has 1 aliphatic heterocycles. The van der Waals surface area contributed by atoms with Crippen molar-refractivity contribution in [3.05, 3.63) is 100 Å². The van der Waals surface area contributed by atoms with Gasteiger partial charge in [0, 0.05) is 16.6 Å². The second-order valence-electron chi connectivity index (χ2n) is 7.48. The molecule has 4 nitrogen and oxygen atoms in total. The molecule has 154 valence electrons. The van der Waals surface area contributed by atoms with Crippen LogP contribution in [0, 0.1) is 0 Å². The van der Waals surface area contributed by atoms with Gasteiger partial charge in [0.1, 0.15) is 0 Å². The first-order valence-electron chi connectivity index (χ1n) is 9.87. The van der Waals surface area contributed by atoms with E-state index in [9.17, 15) is 13.2 Å². The molecule has 0 aliphatic carbocycles. The summed E-state index contributed by atoms with van der Waals surface area (Å²) in [7, 11) is -3.46. The minimum Gasteiger partial charge on any atom is -0.332 e. The fraction of sp³-hybridized carbons (Fsp3) is 0.208. The Morgan fingerprint density at radius 2 is 1.70 bits per heavy atom. The number of halogens is 1. The standard InChI is InChI=1S/C24H22BrNO3S/c25-21-13-11-19(12-14-21)23-10-5-15-26(23)24(27)20-7-4-6-18(16-20)17-30(28,29)22-8-2-1-3-9-22/h1-4,6-9,11-14,16,23H,5,10,15,17H2. The number of carbonyl (C=O) groups excluding carboxylic acids is 1. The SMILES string of the molecule is O=C(c1cccc(CS(=O)(=O)c2ccccc2)c1)N1CCCC1c1ccc(Br)cc1. The number of hydrogen-bond donors (Lipinski definition) is 0. The van der Waals surface area contributed by atoms with Crippen molar-refractivity contribution >= 4 is 31.7 Å². The molecule has 0 aromatic heterocycles. The number of rotatable bonds is 5. The molecule has 0 spiro atoms. The molecular weight excluding hydrogens is 462 g/mol. The second-order valence-corrected chi connectivity index (χ2v) is 10.4. The van der Waals surface area contributed by atoms with Gasteiger partial charge in [-0.15, -0.1) is 0 Å². The van der Waals surface area contributed by atoms with Crippen LogP contribution < -0.4 is 0 Å². The maximum absolute atomic E-state index is 13.3. The van der Waals surface area contributed by atoms with Crippen molar-refractivity contribution in [1.82, 2.24) is 4.90 Å². The maximum atomic E-state index is 13.3. The quantitative estimate of drug-likeness (QED) is 0.487. The number of likely N-dealkylation sites (tertiary alicyclic amines) is 1. The number of amides is 1. The Labute approximate surface area is 185 Å². The zero-order valence-corrected chi connectivity index (χ0v) is 18.8. The maximum Gasteiger partial charge on any atom is 0.254 e. The number of nitrogens with zero attached hydrogens (tertiary/aromatic N) is 1. The smallest absolute Gasteiger partial charge is 0.254 e. The highest BCUT2D eigenvalue weighted by Gasteiger charge is 2.30. The Morgan fingerprint density at radius 1 is 0.967 bits per heavy atom. The fourth-order valence-electron chi connectivity index (χ4n) is 3.93. The Balaban J connectivity index is 1.56. The van der Waals surface area contributed by atoms with Gasteiger partial charge in [0.25, 0.3) is 5.91 Å². The van der Waals surface area contributed by atoms with Gasteiger partial charge < -0.3 is 4.90 Å². The van der Waals surface area contributed by atoms with E-state index in [0.29, 0.717) is 17.7 Å². The van der Waals surface area contributed by atoms with Crippen LogP contribution in [-0.4, -0.2) is 25.8 Å². The first-order chi connectivity index (χ1) is 14.4. The number of sulfone groups is 1. The predicted octanol–water partition coefficient (Wildman–Crippen LogP) is 5.40. The van der Waals surface area contributed by atoms with Crippen LogP contribution >= 0.6 is 15.9 Å². The largest absolute Gasteiger partial charge is 0.332 e. The van der Waals surface area contributed by atoms with Crippen molar-refractivity contribution in [3.8, 4) is 0 Å². The van der Waals surface area contributed by atoms with Gasteiger partial charge in [0.05, 0.1) is 16.7 Å². The molecule has 1 fully saturated rings. The highest BCUT2D eigenvalue weighted by molar-refractivity contribution is 9.10. The third kappa shape index (κ3) is 4.50. The van der Waals surface area contributed by atoms with Gasteiger partial charge in [-0.25, -0.2) is 8.42 Å². The highest BCUT2D eigenvalue weighted by atomic mass is 79.9. The number of carbonyl (C=O) groups is 1. The first kappa shape index (κ1) is 20.8. The van der Waals surface area contributed by atoms with Gasteiger partial charge >= 0.3 is 0 Å². The van der Waals surface area contributed by atoms with Crippen molar-refractivity contribution in [2.75, 3.05) is 6.54 Å². The summed E-state index contributed by atoms with van der Waals surface area (Å²) >= 11 is 3.45. The zero-order valence-electron chi connectivity index (χ0n) is 16.4. The third-order valence-corrected chi connectivity index (χ3v) is 7.63. The van der Waals surface area contributed by atoms with Gasteiger partial charge in [-0.05, 0) is 60.4 Å². The van der Waals surface area contributed by atoms with Crippen LogP contribution in [0.1, 0.15) is 40.4 Å². The van der Waals surface area contributed by atoms with Crippen molar-refractivity contribution < 1.29 is 13.2 Å². The molecule has 3 aromatic carbocycles. The summed E-state index contributed by atoms with van der Waals surface area (Å²) < 4.78 is 26.4. The van der Waals surface area contributed by atoms with Gasteiger partial charge in [-0.1, -0.05) is 58.4 Å². The summed E-state index contributed by atoms with van der Waals surface area (Å²) in [6.07, 6.45) is 1.88. The molecule has 1 heterocycles. The van der Waals surface area contributed by atoms with Gasteiger partial charge in [-0.3, -0.25) is 4.79 Å². The Kier molecular flexibility index (Phi) is 6.06. The predicted molar refractivity (Wildman–Crippen MR) is 121 cm³/mol. The van der Waals surface area contributed by atoms with Crippen molar-refractivity contribution in [2.45, 2.75) is 29.5 Å². The van der Waals surface area contributed by atoms with E-state index in [0.717, 1.165) is 22.9 Å². The molecular formula is C24H22BrNO3S. The molecule has 1 aliphatic rings. The van der Waals surface area contributed by atoms with Crippen LogP contribution in [0.2, 0.25) is 0 Å². The van der Waals surface area contributed by atoms with Gasteiger partial charge in [-0.2, -0.15) is 0 Å². The molecule has 4 rings (SSSR count). The fourth-order valence-corrected chi connectivity index (χ4v) is 5.55. The monoisotopic (exact) mass is 483 g/mol. The van der Waals surface area contributed by atoms with Crippen LogP contribution in [0.5, 0.6) is 0 Å². The van der Waals surface area contributed by atoms with E-state index in [1.165, 1.54) is 0 Å². The lowest BCUT2D eigenvalue weighted by atomic mass is 10.0. The summed E-state index contributed by atoms with van der Waals surface area (Å²) in [6, 6.07) is 23.5. The Morgan fingerprint density at radius 3 is 2.43 bits per heavy atom. The number of benzene rings is 3. The molecule has 0 saturated carbocycles. The Hall–Kier alpha value is -2.44. The van der Waals surface area contributed by atoms with E-state index in [-0.39, 0.29) is 22.6 Å². The van der Waals surface area contributed by atoms with Crippen molar-refractivity contribution in [2.24, 2.45) is 0 Å². The van der Waals surface area contributed by atoms with Gasteiger partial charge in [0.2, 0.25) is 0 Å². The van der Waals surface area contributed by atoms with E-state index in [4.69, 9.17) is 0 Å². The molecule has 0 radical (unpaired) electrons. The van der Waals surface area contributed by atoms with E-state index < -0.39 is 9.84 Å². The molecule has 1 amide bonds. The zero-order chi connectivity index (χ0) is 21.1. The molecule has 30 heavy (non-hydrogen) atoms. The molecule has 1 atom stereocenters. The van der Waals surface area contributed by atoms with E-state index in [1.54, 1.807) is 54.6 Å². The summed E-state index contributed by atoms with van der Waals surface area (Å²) in [5.41, 5.74) is 2.26. The topological polar surface area (TPSA) is 54.5 Å². The van der Waals surface area contributed by atoms with Crippen molar-refractivity contribution in [3.63, 3.8) is 0 Å².